The largest absolute Gasteiger partial charge is 0.394 e. The Morgan fingerprint density at radius 1 is 0.375 bits per heavy atom. The van der Waals surface area contributed by atoms with Crippen LogP contribution in [0.1, 0.15) is 296 Å². The fourth-order valence-electron chi connectivity index (χ4n) is 8.85. The molecular formula is C58H111NO5. The van der Waals surface area contributed by atoms with Crippen molar-refractivity contribution in [3.63, 3.8) is 0 Å². The Balaban J connectivity index is 3.70. The molecule has 0 aromatic carbocycles. The number of carbonyl (C=O) groups excluding carboxylic acids is 1. The predicted molar refractivity (Wildman–Crippen MR) is 279 cm³/mol. The second-order valence-corrected chi connectivity index (χ2v) is 19.6. The van der Waals surface area contributed by atoms with Gasteiger partial charge in [0.05, 0.1) is 18.8 Å². The Morgan fingerprint density at radius 2 is 0.656 bits per heavy atom. The average Bonchev–Trinajstić information content (AvgIpc) is 3.30. The molecule has 0 aliphatic carbocycles. The summed E-state index contributed by atoms with van der Waals surface area (Å²) < 4.78 is 0. The zero-order valence-corrected chi connectivity index (χ0v) is 42.8. The molecule has 64 heavy (non-hydrogen) atoms. The number of hydrogen-bond acceptors (Lipinski definition) is 5. The molecule has 6 nitrogen and oxygen atoms in total. The minimum atomic E-state index is -1.29. The zero-order chi connectivity index (χ0) is 46.7. The van der Waals surface area contributed by atoms with Crippen LogP contribution in [-0.4, -0.2) is 57.3 Å². The number of carbonyl (C=O) groups is 1. The molecule has 0 radical (unpaired) electrons. The molecule has 0 rings (SSSR count). The van der Waals surface area contributed by atoms with E-state index in [-0.39, 0.29) is 0 Å². The number of aliphatic hydroxyl groups is 4. The molecule has 5 N–H and O–H groups in total. The highest BCUT2D eigenvalue weighted by atomic mass is 16.3. The first-order valence-electron chi connectivity index (χ1n) is 28.4. The van der Waals surface area contributed by atoms with Gasteiger partial charge in [-0.1, -0.05) is 269 Å². The quantitative estimate of drug-likeness (QED) is 0.0309. The van der Waals surface area contributed by atoms with Crippen LogP contribution in [0.2, 0.25) is 0 Å². The van der Waals surface area contributed by atoms with E-state index in [0.717, 1.165) is 51.4 Å². The Bertz CT molecular complexity index is 1010. The normalized spacial score (nSPS) is 14.0. The summed E-state index contributed by atoms with van der Waals surface area (Å²) in [7, 11) is 0. The van der Waals surface area contributed by atoms with Gasteiger partial charge in [0.25, 0.3) is 0 Å². The minimum absolute atomic E-state index is 0.362. The number of aliphatic hydroxyl groups excluding tert-OH is 4. The van der Waals surface area contributed by atoms with Gasteiger partial charge in [-0.3, -0.25) is 4.79 Å². The van der Waals surface area contributed by atoms with Gasteiger partial charge in [0.15, 0.2) is 0 Å². The van der Waals surface area contributed by atoms with Crippen LogP contribution in [0.25, 0.3) is 0 Å². The van der Waals surface area contributed by atoms with Crippen molar-refractivity contribution in [2.75, 3.05) is 6.61 Å². The van der Waals surface area contributed by atoms with Gasteiger partial charge < -0.3 is 25.7 Å². The van der Waals surface area contributed by atoms with Gasteiger partial charge in [-0.05, 0) is 64.2 Å². The van der Waals surface area contributed by atoms with Crippen LogP contribution in [0.15, 0.2) is 36.5 Å². The van der Waals surface area contributed by atoms with Crippen LogP contribution < -0.4 is 5.32 Å². The van der Waals surface area contributed by atoms with E-state index < -0.39 is 36.9 Å². The van der Waals surface area contributed by atoms with Gasteiger partial charge in [-0.15, -0.1) is 0 Å². The van der Waals surface area contributed by atoms with E-state index in [2.05, 4.69) is 55.6 Å². The fraction of sp³-hybridized carbons (Fsp3) is 0.879. The van der Waals surface area contributed by atoms with E-state index in [1.54, 1.807) is 0 Å². The van der Waals surface area contributed by atoms with Gasteiger partial charge in [0, 0.05) is 0 Å². The van der Waals surface area contributed by atoms with Gasteiger partial charge in [-0.2, -0.15) is 0 Å². The predicted octanol–water partition coefficient (Wildman–Crippen LogP) is 16.4. The van der Waals surface area contributed by atoms with Crippen LogP contribution in [0, 0.1) is 0 Å². The lowest BCUT2D eigenvalue weighted by molar-refractivity contribution is -0.132. The highest BCUT2D eigenvalue weighted by Gasteiger charge is 2.28. The Morgan fingerprint density at radius 3 is 0.984 bits per heavy atom. The fourth-order valence-corrected chi connectivity index (χ4v) is 8.85. The first kappa shape index (κ1) is 62.5. The smallest absolute Gasteiger partial charge is 0.249 e. The maximum absolute atomic E-state index is 12.6. The van der Waals surface area contributed by atoms with Gasteiger partial charge in [-0.25, -0.2) is 0 Å². The minimum Gasteiger partial charge on any atom is -0.394 e. The molecule has 4 atom stereocenters. The highest BCUT2D eigenvalue weighted by Crippen LogP contribution is 2.17. The van der Waals surface area contributed by atoms with Crippen molar-refractivity contribution >= 4 is 5.91 Å². The van der Waals surface area contributed by atoms with E-state index in [0.29, 0.717) is 19.3 Å². The Kier molecular flexibility index (Phi) is 51.3. The molecule has 0 aliphatic rings. The van der Waals surface area contributed by atoms with E-state index >= 15 is 0 Å². The van der Waals surface area contributed by atoms with Crippen molar-refractivity contribution in [3.8, 4) is 0 Å². The van der Waals surface area contributed by atoms with Gasteiger partial charge >= 0.3 is 0 Å². The molecule has 0 aromatic rings. The van der Waals surface area contributed by atoms with Crippen molar-refractivity contribution in [2.45, 2.75) is 321 Å². The van der Waals surface area contributed by atoms with E-state index in [9.17, 15) is 25.2 Å². The third-order valence-corrected chi connectivity index (χ3v) is 13.3. The molecule has 0 fully saturated rings. The summed E-state index contributed by atoms with van der Waals surface area (Å²) in [5, 5.41) is 44.0. The second-order valence-electron chi connectivity index (χ2n) is 19.6. The lowest BCUT2D eigenvalue weighted by Gasteiger charge is -2.27. The Labute approximate surface area is 398 Å². The summed E-state index contributed by atoms with van der Waals surface area (Å²) in [6, 6.07) is -1.01. The summed E-state index contributed by atoms with van der Waals surface area (Å²) in [4.78, 5) is 12.6. The molecule has 0 bridgehead atoms. The summed E-state index contributed by atoms with van der Waals surface area (Å²) in [6.45, 7) is 4.07. The lowest BCUT2D eigenvalue weighted by Crippen LogP contribution is -2.53. The van der Waals surface area contributed by atoms with Crippen molar-refractivity contribution in [2.24, 2.45) is 0 Å². The lowest BCUT2D eigenvalue weighted by atomic mass is 10.00. The number of allylic oxidation sites excluding steroid dienone is 6. The first-order valence-corrected chi connectivity index (χ1v) is 28.4. The summed E-state index contributed by atoms with van der Waals surface area (Å²) in [5.74, 6) is -0.595. The van der Waals surface area contributed by atoms with E-state index in [1.165, 1.54) is 212 Å². The highest BCUT2D eigenvalue weighted by molar-refractivity contribution is 5.80. The molecule has 0 aromatic heterocycles. The number of unbranched alkanes of at least 4 members (excludes halogenated alkanes) is 37. The summed E-state index contributed by atoms with van der Waals surface area (Å²) in [6.07, 6.45) is 65.0. The van der Waals surface area contributed by atoms with Crippen molar-refractivity contribution < 1.29 is 25.2 Å². The molecule has 0 saturated carbocycles. The number of nitrogens with one attached hydrogen (secondary N) is 1. The van der Waals surface area contributed by atoms with Crippen LogP contribution >= 0.6 is 0 Å². The molecule has 378 valence electrons. The van der Waals surface area contributed by atoms with E-state index in [1.807, 2.05) is 0 Å². The van der Waals surface area contributed by atoms with Crippen LogP contribution in [0.5, 0.6) is 0 Å². The van der Waals surface area contributed by atoms with Gasteiger partial charge in [0.1, 0.15) is 12.2 Å². The molecule has 0 spiro atoms. The van der Waals surface area contributed by atoms with Crippen LogP contribution in [0.4, 0.5) is 0 Å². The summed E-state index contributed by atoms with van der Waals surface area (Å²) >= 11 is 0. The number of amides is 1. The third kappa shape index (κ3) is 45.7. The summed E-state index contributed by atoms with van der Waals surface area (Å²) in [5.41, 5.74) is 0. The topological polar surface area (TPSA) is 110 Å². The van der Waals surface area contributed by atoms with Gasteiger partial charge in [0.2, 0.25) is 5.91 Å². The van der Waals surface area contributed by atoms with E-state index in [4.69, 9.17) is 0 Å². The molecular weight excluding hydrogens is 791 g/mol. The maximum Gasteiger partial charge on any atom is 0.249 e. The van der Waals surface area contributed by atoms with Crippen molar-refractivity contribution in [3.05, 3.63) is 36.5 Å². The number of hydrogen-bond donors (Lipinski definition) is 5. The molecule has 4 unspecified atom stereocenters. The second kappa shape index (κ2) is 52.5. The zero-order valence-electron chi connectivity index (χ0n) is 42.8. The molecule has 1 amide bonds. The third-order valence-electron chi connectivity index (χ3n) is 13.3. The number of rotatable bonds is 52. The molecule has 0 saturated heterocycles. The SMILES string of the molecule is CCCCCCCCCCCCCC/C=C/CC/C=C/CC/C=C/CCCC(O)C(O)C(CO)NC(=O)C(O)CCCCCCCCCCCCCCCCCCCCCCCCC. The molecule has 0 aliphatic heterocycles. The average molecular weight is 903 g/mol. The van der Waals surface area contributed by atoms with Crippen molar-refractivity contribution in [1.82, 2.24) is 5.32 Å². The maximum atomic E-state index is 12.6. The monoisotopic (exact) mass is 902 g/mol. The van der Waals surface area contributed by atoms with Crippen LogP contribution in [0.3, 0.4) is 0 Å². The molecule has 6 heteroatoms. The first-order chi connectivity index (χ1) is 31.5. The van der Waals surface area contributed by atoms with Crippen LogP contribution in [-0.2, 0) is 4.79 Å². The standard InChI is InChI=1S/C58H111NO5/c1-3-5-7-9-11-13-15-17-19-21-23-25-27-28-30-31-33-35-37-39-41-43-45-47-49-51-55(61)57(63)54(53-60)59-58(64)56(62)52-50-48-46-44-42-40-38-36-34-32-29-26-24-22-20-18-16-14-12-10-8-6-4-2/h28,30,35,37,43,45,54-57,60-63H,3-27,29,31-34,36,38-42,44,46-53H2,1-2H3,(H,59,64)/b30-28+,37-35+,45-43+. The van der Waals surface area contributed by atoms with Crippen molar-refractivity contribution in [1.29, 1.82) is 0 Å². The molecule has 0 heterocycles. The Hall–Kier alpha value is -1.47.